The maximum absolute atomic E-state index is 11.5. The topological polar surface area (TPSA) is 43.4 Å². The van der Waals surface area contributed by atoms with Crippen molar-refractivity contribution in [3.05, 3.63) is 0 Å². The zero-order valence-electron chi connectivity index (χ0n) is 8.66. The van der Waals surface area contributed by atoms with Crippen LogP contribution in [0.3, 0.4) is 0 Å². The number of rotatable bonds is 1. The van der Waals surface area contributed by atoms with E-state index in [1.807, 2.05) is 0 Å². The van der Waals surface area contributed by atoms with Gasteiger partial charge in [-0.1, -0.05) is 20.3 Å². The van der Waals surface area contributed by atoms with Crippen LogP contribution in [0.5, 0.6) is 0 Å². The quantitative estimate of drug-likeness (QED) is 0.474. The van der Waals surface area contributed by atoms with Gasteiger partial charge in [-0.05, 0) is 24.7 Å². The number of carbonyl (C=O) groups excluding carboxylic acids is 2. The largest absolute Gasteiger partial charge is 0.393 e. The Morgan fingerprint density at radius 3 is 2.64 bits per heavy atom. The normalized spacial score (nSPS) is 42.1. The molecule has 2 rings (SSSR count). The lowest BCUT2D eigenvalue weighted by molar-refractivity contribution is -0.154. The molecule has 3 nitrogen and oxygen atoms in total. The molecule has 1 saturated heterocycles. The fourth-order valence-electron chi connectivity index (χ4n) is 2.99. The summed E-state index contributed by atoms with van der Waals surface area (Å²) >= 11 is 0. The highest BCUT2D eigenvalue weighted by atomic mass is 16.6. The second-order valence-corrected chi connectivity index (χ2v) is 4.50. The minimum Gasteiger partial charge on any atom is -0.393 e. The van der Waals surface area contributed by atoms with Crippen LogP contribution in [0.4, 0.5) is 0 Å². The molecule has 0 aromatic heterocycles. The molecule has 0 spiro atoms. The summed E-state index contributed by atoms with van der Waals surface area (Å²) < 4.78 is 4.71. The molecule has 0 aromatic rings. The summed E-state index contributed by atoms with van der Waals surface area (Å²) in [6, 6.07) is 0. The first-order valence-corrected chi connectivity index (χ1v) is 5.40. The smallest absolute Gasteiger partial charge is 0.317 e. The molecule has 1 saturated carbocycles. The maximum atomic E-state index is 11.5. The fraction of sp³-hybridized carbons (Fsp3) is 0.818. The van der Waals surface area contributed by atoms with E-state index in [0.717, 1.165) is 19.3 Å². The summed E-state index contributed by atoms with van der Waals surface area (Å²) in [6.07, 6.45) is 2.83. The highest BCUT2D eigenvalue weighted by molar-refractivity contribution is 5.96. The minimum absolute atomic E-state index is 0.136. The summed E-state index contributed by atoms with van der Waals surface area (Å²) in [5.74, 6) is 0.0380. The molecule has 14 heavy (non-hydrogen) atoms. The van der Waals surface area contributed by atoms with Crippen LogP contribution < -0.4 is 0 Å². The number of hydrogen-bond acceptors (Lipinski definition) is 3. The van der Waals surface area contributed by atoms with Crippen molar-refractivity contribution >= 4 is 11.9 Å². The number of esters is 2. The Morgan fingerprint density at radius 1 is 1.29 bits per heavy atom. The summed E-state index contributed by atoms with van der Waals surface area (Å²) in [5.41, 5.74) is 0. The van der Waals surface area contributed by atoms with Gasteiger partial charge in [-0.2, -0.15) is 0 Å². The van der Waals surface area contributed by atoms with E-state index >= 15 is 0 Å². The van der Waals surface area contributed by atoms with Crippen molar-refractivity contribution in [2.24, 2.45) is 23.7 Å². The van der Waals surface area contributed by atoms with Crippen LogP contribution in [0, 0.1) is 23.7 Å². The van der Waals surface area contributed by atoms with E-state index in [1.165, 1.54) is 0 Å². The van der Waals surface area contributed by atoms with E-state index in [0.29, 0.717) is 11.8 Å². The molecular weight excluding hydrogens is 180 g/mol. The predicted octanol–water partition coefficient (Wildman–Crippen LogP) is 1.76. The molecular formula is C11H16O3. The van der Waals surface area contributed by atoms with Crippen LogP contribution in [0.25, 0.3) is 0 Å². The number of hydrogen-bond donors (Lipinski definition) is 0. The van der Waals surface area contributed by atoms with Crippen LogP contribution in [-0.4, -0.2) is 11.9 Å². The Hall–Kier alpha value is -0.860. The van der Waals surface area contributed by atoms with Crippen LogP contribution >= 0.6 is 0 Å². The molecule has 4 unspecified atom stereocenters. The molecule has 1 heterocycles. The van der Waals surface area contributed by atoms with Gasteiger partial charge in [0.1, 0.15) is 0 Å². The summed E-state index contributed by atoms with van der Waals surface area (Å²) in [6.45, 7) is 4.25. The van der Waals surface area contributed by atoms with E-state index in [4.69, 9.17) is 4.74 Å². The van der Waals surface area contributed by atoms with Gasteiger partial charge >= 0.3 is 11.9 Å². The third-order valence-electron chi connectivity index (χ3n) is 3.81. The number of ether oxygens (including phenoxy) is 1. The average Bonchev–Trinajstić information content (AvgIpc) is 2.43. The molecule has 4 atom stereocenters. The van der Waals surface area contributed by atoms with Crippen LogP contribution in [0.2, 0.25) is 0 Å². The van der Waals surface area contributed by atoms with E-state index in [9.17, 15) is 9.59 Å². The lowest BCUT2D eigenvalue weighted by Gasteiger charge is -2.34. The molecule has 78 valence electrons. The zero-order valence-corrected chi connectivity index (χ0v) is 8.66. The maximum Gasteiger partial charge on any atom is 0.317 e. The Morgan fingerprint density at radius 2 is 2.00 bits per heavy atom. The summed E-state index contributed by atoms with van der Waals surface area (Å²) in [4.78, 5) is 22.8. The van der Waals surface area contributed by atoms with Crippen molar-refractivity contribution in [2.45, 2.75) is 33.1 Å². The predicted molar refractivity (Wildman–Crippen MR) is 50.3 cm³/mol. The van der Waals surface area contributed by atoms with E-state index in [-0.39, 0.29) is 23.8 Å². The molecule has 3 heteroatoms. The first kappa shape index (κ1) is 9.69. The molecule has 1 aliphatic carbocycles. The van der Waals surface area contributed by atoms with Crippen molar-refractivity contribution < 1.29 is 14.3 Å². The molecule has 2 fully saturated rings. The average molecular weight is 196 g/mol. The second kappa shape index (κ2) is 3.37. The van der Waals surface area contributed by atoms with E-state index in [2.05, 4.69) is 13.8 Å². The number of fused-ring (bicyclic) bond motifs is 1. The molecule has 2 aliphatic rings. The summed E-state index contributed by atoms with van der Waals surface area (Å²) in [5, 5.41) is 0. The van der Waals surface area contributed by atoms with Gasteiger partial charge in [0.25, 0.3) is 0 Å². The zero-order chi connectivity index (χ0) is 10.3. The third kappa shape index (κ3) is 1.26. The second-order valence-electron chi connectivity index (χ2n) is 4.50. The Bertz CT molecular complexity index is 272. The SMILES string of the molecule is CCC1C(C)CCC2C(=O)OC(=O)C21. The molecule has 0 aromatic carbocycles. The van der Waals surface area contributed by atoms with E-state index in [1.54, 1.807) is 0 Å². The van der Waals surface area contributed by atoms with Gasteiger partial charge in [0.2, 0.25) is 0 Å². The standard InChI is InChI=1S/C11H16O3/c1-3-7-6(2)4-5-8-9(7)11(13)14-10(8)12/h6-9H,3-5H2,1-2H3. The van der Waals surface area contributed by atoms with Gasteiger partial charge in [0.15, 0.2) is 0 Å². The van der Waals surface area contributed by atoms with Crippen molar-refractivity contribution in [3.63, 3.8) is 0 Å². The lowest BCUT2D eigenvalue weighted by Crippen LogP contribution is -2.35. The first-order chi connectivity index (χ1) is 6.65. The highest BCUT2D eigenvalue weighted by Crippen LogP contribution is 2.44. The fourth-order valence-corrected chi connectivity index (χ4v) is 2.99. The van der Waals surface area contributed by atoms with Gasteiger partial charge in [-0.15, -0.1) is 0 Å². The third-order valence-corrected chi connectivity index (χ3v) is 3.81. The molecule has 0 bridgehead atoms. The Labute approximate surface area is 83.8 Å². The highest BCUT2D eigenvalue weighted by Gasteiger charge is 2.51. The van der Waals surface area contributed by atoms with Crippen LogP contribution in [0.1, 0.15) is 33.1 Å². The van der Waals surface area contributed by atoms with Crippen molar-refractivity contribution in [2.75, 3.05) is 0 Å². The monoisotopic (exact) mass is 196 g/mol. The van der Waals surface area contributed by atoms with Gasteiger partial charge < -0.3 is 4.74 Å². The molecule has 0 amide bonds. The van der Waals surface area contributed by atoms with Crippen LogP contribution in [0.15, 0.2) is 0 Å². The van der Waals surface area contributed by atoms with Gasteiger partial charge in [-0.3, -0.25) is 9.59 Å². The number of cyclic esters (lactones) is 2. The van der Waals surface area contributed by atoms with Crippen molar-refractivity contribution in [1.29, 1.82) is 0 Å². The van der Waals surface area contributed by atoms with Crippen LogP contribution in [-0.2, 0) is 14.3 Å². The van der Waals surface area contributed by atoms with Crippen molar-refractivity contribution in [1.82, 2.24) is 0 Å². The first-order valence-electron chi connectivity index (χ1n) is 5.40. The summed E-state index contributed by atoms with van der Waals surface area (Å²) in [7, 11) is 0. The molecule has 1 aliphatic heterocycles. The number of carbonyl (C=O) groups is 2. The molecule has 0 N–H and O–H groups in total. The lowest BCUT2D eigenvalue weighted by atomic mass is 9.67. The van der Waals surface area contributed by atoms with E-state index < -0.39 is 0 Å². The Kier molecular flexibility index (Phi) is 2.33. The minimum atomic E-state index is -0.287. The van der Waals surface area contributed by atoms with Gasteiger partial charge in [0.05, 0.1) is 11.8 Å². The molecule has 0 radical (unpaired) electrons. The van der Waals surface area contributed by atoms with Crippen molar-refractivity contribution in [3.8, 4) is 0 Å². The van der Waals surface area contributed by atoms with Gasteiger partial charge in [0, 0.05) is 0 Å². The Balaban J connectivity index is 2.25. The van der Waals surface area contributed by atoms with Gasteiger partial charge in [-0.25, -0.2) is 0 Å².